The van der Waals surface area contributed by atoms with Crippen LogP contribution in [0.15, 0.2) is 40.5 Å². The number of esters is 1. The van der Waals surface area contributed by atoms with Gasteiger partial charge in [0.15, 0.2) is 0 Å². The highest BCUT2D eigenvalue weighted by atomic mass is 32.1. The van der Waals surface area contributed by atoms with Gasteiger partial charge in [0.25, 0.3) is 5.56 Å². The topological polar surface area (TPSA) is 95.9 Å². The molecule has 33 heavy (non-hydrogen) atoms. The first-order valence-corrected chi connectivity index (χ1v) is 11.7. The highest BCUT2D eigenvalue weighted by molar-refractivity contribution is 7.09. The maximum Gasteiger partial charge on any atom is 0.333 e. The van der Waals surface area contributed by atoms with Crippen LogP contribution in [0.3, 0.4) is 0 Å². The highest BCUT2D eigenvalue weighted by Crippen LogP contribution is 2.22. The molecule has 0 aliphatic carbocycles. The van der Waals surface area contributed by atoms with Crippen molar-refractivity contribution >= 4 is 46.7 Å². The number of hydrogen-bond donors (Lipinski definition) is 1. The Labute approximate surface area is 198 Å². The summed E-state index contributed by atoms with van der Waals surface area (Å²) in [5, 5.41) is 4.72. The van der Waals surface area contributed by atoms with Crippen LogP contribution in [0.25, 0.3) is 12.2 Å². The van der Waals surface area contributed by atoms with Gasteiger partial charge in [-0.2, -0.15) is 0 Å². The average molecular weight is 489 g/mol. The van der Waals surface area contributed by atoms with Crippen LogP contribution in [0.2, 0.25) is 0 Å². The number of amides is 1. The minimum absolute atomic E-state index is 0.203. The molecule has 0 atom stereocenters. The molecule has 8 nitrogen and oxygen atoms in total. The molecule has 3 rings (SSSR count). The maximum absolute atomic E-state index is 13.1. The van der Waals surface area contributed by atoms with E-state index in [9.17, 15) is 14.4 Å². The number of carbonyl (C=O) groups is 2. The Balaban J connectivity index is 2.00. The molecule has 0 radical (unpaired) electrons. The van der Waals surface area contributed by atoms with E-state index >= 15 is 0 Å². The number of ether oxygens (including phenoxy) is 3. The van der Waals surface area contributed by atoms with Gasteiger partial charge < -0.3 is 19.5 Å². The van der Waals surface area contributed by atoms with E-state index in [1.807, 2.05) is 17.5 Å². The first-order valence-electron chi connectivity index (χ1n) is 10.1. The number of thiazole rings is 1. The number of aromatic nitrogens is 1. The van der Waals surface area contributed by atoms with Crippen molar-refractivity contribution in [1.82, 2.24) is 9.88 Å². The summed E-state index contributed by atoms with van der Waals surface area (Å²) in [7, 11) is 3.08. The van der Waals surface area contributed by atoms with E-state index < -0.39 is 5.97 Å². The van der Waals surface area contributed by atoms with Crippen LogP contribution in [0.5, 0.6) is 11.5 Å². The summed E-state index contributed by atoms with van der Waals surface area (Å²) in [6.07, 6.45) is 2.90. The van der Waals surface area contributed by atoms with E-state index in [4.69, 9.17) is 14.2 Å². The molecule has 0 saturated heterocycles. The van der Waals surface area contributed by atoms with Gasteiger partial charge in [-0.1, -0.05) is 6.07 Å². The zero-order chi connectivity index (χ0) is 23.8. The number of hydrogen-bond acceptors (Lipinski definition) is 8. The number of nitrogens with zero attached hydrogens (tertiary/aromatic N) is 1. The Bertz CT molecular complexity index is 1270. The summed E-state index contributed by atoms with van der Waals surface area (Å²) in [4.78, 5) is 38.7. The normalized spacial score (nSPS) is 12.0. The van der Waals surface area contributed by atoms with Gasteiger partial charge in [-0.3, -0.25) is 14.2 Å². The number of thiophene rings is 1. The molecule has 0 unspecified atom stereocenters. The molecule has 1 amide bonds. The van der Waals surface area contributed by atoms with Crippen LogP contribution < -0.4 is 29.5 Å². The van der Waals surface area contributed by atoms with Crippen molar-refractivity contribution in [3.05, 3.63) is 65.7 Å². The molecule has 3 aromatic rings. The fourth-order valence-corrected chi connectivity index (χ4v) is 4.62. The molecule has 174 valence electrons. The Kier molecular flexibility index (Phi) is 8.45. The number of methoxy groups -OCH3 is 2. The first-order chi connectivity index (χ1) is 15.9. The van der Waals surface area contributed by atoms with Crippen LogP contribution >= 0.6 is 22.7 Å². The van der Waals surface area contributed by atoms with Gasteiger partial charge in [-0.05, 0) is 42.1 Å². The lowest BCUT2D eigenvalue weighted by Gasteiger charge is -2.05. The Morgan fingerprint density at radius 1 is 1.15 bits per heavy atom. The largest absolute Gasteiger partial charge is 0.497 e. The lowest BCUT2D eigenvalue weighted by atomic mass is 10.2. The second kappa shape index (κ2) is 11.5. The van der Waals surface area contributed by atoms with E-state index in [-0.39, 0.29) is 24.6 Å². The number of nitrogens with one attached hydrogen (secondary N) is 1. The molecule has 2 aromatic heterocycles. The molecule has 1 N–H and O–H groups in total. The van der Waals surface area contributed by atoms with E-state index in [2.05, 4.69) is 5.32 Å². The Morgan fingerprint density at radius 2 is 1.88 bits per heavy atom. The molecule has 0 aliphatic heterocycles. The second-order valence-electron chi connectivity index (χ2n) is 6.74. The minimum atomic E-state index is -0.582. The molecular formula is C23H24N2O6S2. The van der Waals surface area contributed by atoms with Crippen molar-refractivity contribution in [2.75, 3.05) is 20.8 Å². The van der Waals surface area contributed by atoms with Gasteiger partial charge in [0.1, 0.15) is 22.7 Å². The lowest BCUT2D eigenvalue weighted by Crippen LogP contribution is -2.38. The summed E-state index contributed by atoms with van der Waals surface area (Å²) >= 11 is 2.63. The molecule has 10 heteroatoms. The van der Waals surface area contributed by atoms with Crippen molar-refractivity contribution in [3.8, 4) is 11.5 Å². The van der Waals surface area contributed by atoms with Gasteiger partial charge in [0.2, 0.25) is 5.91 Å². The molecule has 0 saturated carbocycles. The van der Waals surface area contributed by atoms with E-state index in [1.165, 1.54) is 36.2 Å². The van der Waals surface area contributed by atoms with Crippen molar-refractivity contribution in [2.24, 2.45) is 0 Å². The molecular weight excluding hydrogens is 464 g/mol. The average Bonchev–Trinajstić information content (AvgIpc) is 3.42. The Hall–Kier alpha value is -3.37. The zero-order valence-electron chi connectivity index (χ0n) is 18.5. The summed E-state index contributed by atoms with van der Waals surface area (Å²) < 4.78 is 17.5. The maximum atomic E-state index is 13.1. The molecule has 0 bridgehead atoms. The van der Waals surface area contributed by atoms with Gasteiger partial charge in [-0.15, -0.1) is 22.7 Å². The molecule has 1 aromatic carbocycles. The fourth-order valence-electron chi connectivity index (χ4n) is 2.94. The third-order valence-corrected chi connectivity index (χ3v) is 6.41. The van der Waals surface area contributed by atoms with Gasteiger partial charge >= 0.3 is 5.97 Å². The predicted octanol–water partition coefficient (Wildman–Crippen LogP) is 1.48. The van der Waals surface area contributed by atoms with Gasteiger partial charge in [0.05, 0.1) is 38.0 Å². The standard InChI is InChI=1S/C23H24N2O6S2/c1-4-31-22(27)12-21-25(14-20(26)24-13-18-6-5-7-32-18)23(28)19(33-21)10-15-8-16(29-2)11-17(9-15)30-3/h5-12H,4,13-14H2,1-3H3,(H,24,26)/b19-10+,21-12-. The van der Waals surface area contributed by atoms with Crippen LogP contribution in [-0.4, -0.2) is 37.3 Å². The molecule has 0 spiro atoms. The van der Waals surface area contributed by atoms with E-state index in [0.29, 0.717) is 32.8 Å². The summed E-state index contributed by atoms with van der Waals surface area (Å²) in [5.41, 5.74) is 0.296. The van der Waals surface area contributed by atoms with Crippen molar-refractivity contribution in [1.29, 1.82) is 0 Å². The summed E-state index contributed by atoms with van der Waals surface area (Å²) in [5.74, 6) is 0.227. The van der Waals surface area contributed by atoms with Crippen LogP contribution in [-0.2, 0) is 27.4 Å². The van der Waals surface area contributed by atoms with E-state index in [0.717, 1.165) is 16.2 Å². The zero-order valence-corrected chi connectivity index (χ0v) is 20.1. The van der Waals surface area contributed by atoms with Gasteiger partial charge in [0, 0.05) is 10.9 Å². The molecule has 2 heterocycles. The van der Waals surface area contributed by atoms with Crippen molar-refractivity contribution in [3.63, 3.8) is 0 Å². The van der Waals surface area contributed by atoms with Gasteiger partial charge in [-0.25, -0.2) is 4.79 Å². The summed E-state index contributed by atoms with van der Waals surface area (Å²) in [6, 6.07) is 9.06. The quantitative estimate of drug-likeness (QED) is 0.459. The predicted molar refractivity (Wildman–Crippen MR) is 128 cm³/mol. The van der Waals surface area contributed by atoms with Crippen LogP contribution in [0.4, 0.5) is 0 Å². The smallest absolute Gasteiger partial charge is 0.333 e. The lowest BCUT2D eigenvalue weighted by molar-refractivity contribution is -0.135. The van der Waals surface area contributed by atoms with Crippen LogP contribution in [0, 0.1) is 0 Å². The third kappa shape index (κ3) is 6.56. The Morgan fingerprint density at radius 3 is 2.48 bits per heavy atom. The third-order valence-electron chi connectivity index (χ3n) is 4.48. The minimum Gasteiger partial charge on any atom is -0.497 e. The first kappa shape index (κ1) is 24.3. The second-order valence-corrected chi connectivity index (χ2v) is 8.83. The molecule has 0 aliphatic rings. The number of carbonyl (C=O) groups excluding carboxylic acids is 2. The summed E-state index contributed by atoms with van der Waals surface area (Å²) in [6.45, 7) is 2.05. The van der Waals surface area contributed by atoms with E-state index in [1.54, 1.807) is 31.2 Å². The highest BCUT2D eigenvalue weighted by Gasteiger charge is 2.12. The number of rotatable bonds is 9. The SMILES string of the molecule is CCOC(=O)/C=c1\s/c(=C/c2cc(OC)cc(OC)c2)c(=O)n1CC(=O)NCc1cccs1. The number of benzene rings is 1. The fraction of sp³-hybridized carbons (Fsp3) is 0.261. The van der Waals surface area contributed by atoms with Crippen LogP contribution in [0.1, 0.15) is 17.4 Å². The monoisotopic (exact) mass is 488 g/mol. The van der Waals surface area contributed by atoms with Crippen molar-refractivity contribution in [2.45, 2.75) is 20.0 Å². The van der Waals surface area contributed by atoms with Crippen molar-refractivity contribution < 1.29 is 23.8 Å². The molecule has 0 fully saturated rings.